The van der Waals surface area contributed by atoms with Gasteiger partial charge >= 0.3 is 0 Å². The van der Waals surface area contributed by atoms with E-state index in [1.54, 1.807) is 0 Å². The van der Waals surface area contributed by atoms with Crippen LogP contribution >= 0.6 is 15.9 Å². The van der Waals surface area contributed by atoms with E-state index in [2.05, 4.69) is 15.9 Å². The molecule has 0 saturated carbocycles. The van der Waals surface area contributed by atoms with Crippen molar-refractivity contribution in [1.82, 2.24) is 4.90 Å². The standard InChI is InChI=1S/C17H24BrNO4/c1-3-22-15-9-12(14(18)11-16(15)23-4-2)10-17(21)19-7-5-13(20)6-8-19/h9,11,13,20H,3-8,10H2,1-2H3. The van der Waals surface area contributed by atoms with E-state index in [0.29, 0.717) is 57.1 Å². The molecule has 1 aliphatic heterocycles. The lowest BCUT2D eigenvalue weighted by molar-refractivity contribution is -0.132. The number of piperidine rings is 1. The smallest absolute Gasteiger partial charge is 0.227 e. The van der Waals surface area contributed by atoms with E-state index in [9.17, 15) is 9.90 Å². The fourth-order valence-corrected chi connectivity index (χ4v) is 3.10. The molecule has 5 nitrogen and oxygen atoms in total. The van der Waals surface area contributed by atoms with Crippen molar-refractivity contribution in [1.29, 1.82) is 0 Å². The summed E-state index contributed by atoms with van der Waals surface area (Å²) in [5.74, 6) is 1.41. The highest BCUT2D eigenvalue weighted by Gasteiger charge is 2.22. The molecule has 6 heteroatoms. The molecule has 0 bridgehead atoms. The number of amides is 1. The van der Waals surface area contributed by atoms with Crippen LogP contribution in [0.25, 0.3) is 0 Å². The third-order valence-electron chi connectivity index (χ3n) is 3.87. The molecule has 1 heterocycles. The van der Waals surface area contributed by atoms with Crippen molar-refractivity contribution in [3.05, 3.63) is 22.2 Å². The number of benzene rings is 1. The molecule has 23 heavy (non-hydrogen) atoms. The van der Waals surface area contributed by atoms with Gasteiger partial charge < -0.3 is 19.5 Å². The normalized spacial score (nSPS) is 15.6. The minimum Gasteiger partial charge on any atom is -0.490 e. The van der Waals surface area contributed by atoms with Gasteiger partial charge in [0.2, 0.25) is 5.91 Å². The van der Waals surface area contributed by atoms with Gasteiger partial charge in [0.05, 0.1) is 25.7 Å². The van der Waals surface area contributed by atoms with Crippen LogP contribution in [-0.4, -0.2) is 48.3 Å². The first kappa shape index (κ1) is 18.1. The Labute approximate surface area is 145 Å². The van der Waals surface area contributed by atoms with E-state index >= 15 is 0 Å². The van der Waals surface area contributed by atoms with Gasteiger partial charge in [0.25, 0.3) is 0 Å². The van der Waals surface area contributed by atoms with Gasteiger partial charge in [-0.15, -0.1) is 0 Å². The zero-order chi connectivity index (χ0) is 16.8. The summed E-state index contributed by atoms with van der Waals surface area (Å²) < 4.78 is 12.0. The zero-order valence-corrected chi connectivity index (χ0v) is 15.3. The predicted molar refractivity (Wildman–Crippen MR) is 92.0 cm³/mol. The number of likely N-dealkylation sites (tertiary alicyclic amines) is 1. The summed E-state index contributed by atoms with van der Waals surface area (Å²) in [5, 5.41) is 9.54. The molecular formula is C17H24BrNO4. The van der Waals surface area contributed by atoms with Crippen LogP contribution in [0.4, 0.5) is 0 Å². The van der Waals surface area contributed by atoms with Crippen LogP contribution in [0.5, 0.6) is 11.5 Å². The topological polar surface area (TPSA) is 59.0 Å². The molecule has 0 radical (unpaired) electrons. The van der Waals surface area contributed by atoms with Crippen LogP contribution in [0.2, 0.25) is 0 Å². The minimum absolute atomic E-state index is 0.0733. The second kappa shape index (κ2) is 8.55. The number of aliphatic hydroxyl groups excluding tert-OH is 1. The molecule has 1 aromatic rings. The molecule has 1 N–H and O–H groups in total. The Balaban J connectivity index is 2.12. The summed E-state index contributed by atoms with van der Waals surface area (Å²) in [5.41, 5.74) is 0.882. The SMILES string of the molecule is CCOc1cc(Br)c(CC(=O)N2CCC(O)CC2)cc1OCC. The summed E-state index contributed by atoms with van der Waals surface area (Å²) in [6.45, 7) is 6.17. The zero-order valence-electron chi connectivity index (χ0n) is 13.7. The van der Waals surface area contributed by atoms with Crippen molar-refractivity contribution in [2.45, 2.75) is 39.2 Å². The number of carbonyl (C=O) groups excluding carboxylic acids is 1. The van der Waals surface area contributed by atoms with Crippen LogP contribution < -0.4 is 9.47 Å². The molecule has 1 saturated heterocycles. The number of hydrogen-bond acceptors (Lipinski definition) is 4. The summed E-state index contributed by atoms with van der Waals surface area (Å²) in [4.78, 5) is 14.3. The Morgan fingerprint density at radius 3 is 2.35 bits per heavy atom. The Morgan fingerprint density at radius 1 is 1.22 bits per heavy atom. The first-order valence-corrected chi connectivity index (χ1v) is 8.88. The molecule has 0 aromatic heterocycles. The lowest BCUT2D eigenvalue weighted by atomic mass is 10.1. The Hall–Kier alpha value is -1.27. The van der Waals surface area contributed by atoms with E-state index in [4.69, 9.17) is 9.47 Å². The van der Waals surface area contributed by atoms with Crippen LogP contribution in [0.15, 0.2) is 16.6 Å². The minimum atomic E-state index is -0.277. The number of aliphatic hydroxyl groups is 1. The molecule has 128 valence electrons. The highest BCUT2D eigenvalue weighted by atomic mass is 79.9. The van der Waals surface area contributed by atoms with Gasteiger partial charge in [0.15, 0.2) is 11.5 Å². The molecule has 2 rings (SSSR count). The van der Waals surface area contributed by atoms with E-state index in [1.807, 2.05) is 30.9 Å². The van der Waals surface area contributed by atoms with E-state index < -0.39 is 0 Å². The lowest BCUT2D eigenvalue weighted by Gasteiger charge is -2.29. The highest BCUT2D eigenvalue weighted by Crippen LogP contribution is 2.34. The third kappa shape index (κ3) is 4.85. The van der Waals surface area contributed by atoms with Crippen LogP contribution in [0.3, 0.4) is 0 Å². The maximum absolute atomic E-state index is 12.5. The van der Waals surface area contributed by atoms with Gasteiger partial charge in [-0.05, 0) is 44.4 Å². The number of halogens is 1. The highest BCUT2D eigenvalue weighted by molar-refractivity contribution is 9.10. The number of carbonyl (C=O) groups is 1. The quantitative estimate of drug-likeness (QED) is 0.817. The fourth-order valence-electron chi connectivity index (χ4n) is 2.64. The largest absolute Gasteiger partial charge is 0.490 e. The summed E-state index contributed by atoms with van der Waals surface area (Å²) in [6, 6.07) is 3.73. The van der Waals surface area contributed by atoms with Crippen LogP contribution in [-0.2, 0) is 11.2 Å². The maximum atomic E-state index is 12.5. The third-order valence-corrected chi connectivity index (χ3v) is 4.61. The Kier molecular flexibility index (Phi) is 6.72. The lowest BCUT2D eigenvalue weighted by Crippen LogP contribution is -2.40. The average Bonchev–Trinajstić information content (AvgIpc) is 2.52. The van der Waals surface area contributed by atoms with Gasteiger partial charge in [0, 0.05) is 17.6 Å². The molecule has 0 unspecified atom stereocenters. The average molecular weight is 386 g/mol. The van der Waals surface area contributed by atoms with Gasteiger partial charge in [-0.1, -0.05) is 15.9 Å². The van der Waals surface area contributed by atoms with E-state index in [0.717, 1.165) is 10.0 Å². The first-order valence-electron chi connectivity index (χ1n) is 8.09. The Morgan fingerprint density at radius 2 is 1.78 bits per heavy atom. The predicted octanol–water partition coefficient (Wildman–Crippen LogP) is 2.77. The first-order chi connectivity index (χ1) is 11.0. The van der Waals surface area contributed by atoms with Crippen molar-refractivity contribution >= 4 is 21.8 Å². The Bertz CT molecular complexity index is 542. The van der Waals surface area contributed by atoms with Crippen LogP contribution in [0, 0.1) is 0 Å². The molecule has 1 aliphatic rings. The van der Waals surface area contributed by atoms with Crippen LogP contribution in [0.1, 0.15) is 32.3 Å². The summed E-state index contributed by atoms with van der Waals surface area (Å²) in [6.07, 6.45) is 1.34. The molecular weight excluding hydrogens is 362 g/mol. The maximum Gasteiger partial charge on any atom is 0.227 e. The van der Waals surface area contributed by atoms with Crippen molar-refractivity contribution < 1.29 is 19.4 Å². The van der Waals surface area contributed by atoms with Gasteiger partial charge in [-0.25, -0.2) is 0 Å². The van der Waals surface area contributed by atoms with Crippen molar-refractivity contribution in [2.24, 2.45) is 0 Å². The molecule has 0 aliphatic carbocycles. The van der Waals surface area contributed by atoms with Gasteiger partial charge in [-0.2, -0.15) is 0 Å². The fraction of sp³-hybridized carbons (Fsp3) is 0.588. The number of rotatable bonds is 6. The monoisotopic (exact) mass is 385 g/mol. The second-order valence-corrected chi connectivity index (χ2v) is 6.40. The van der Waals surface area contributed by atoms with Gasteiger partial charge in [-0.3, -0.25) is 4.79 Å². The molecule has 0 atom stereocenters. The summed E-state index contributed by atoms with van der Waals surface area (Å²) in [7, 11) is 0. The molecule has 1 aromatic carbocycles. The molecule has 1 amide bonds. The number of ether oxygens (including phenoxy) is 2. The second-order valence-electron chi connectivity index (χ2n) is 5.55. The van der Waals surface area contributed by atoms with E-state index in [-0.39, 0.29) is 12.0 Å². The van der Waals surface area contributed by atoms with Crippen molar-refractivity contribution in [2.75, 3.05) is 26.3 Å². The molecule has 0 spiro atoms. The van der Waals surface area contributed by atoms with Gasteiger partial charge in [0.1, 0.15) is 0 Å². The summed E-state index contributed by atoms with van der Waals surface area (Å²) >= 11 is 3.52. The number of nitrogens with zero attached hydrogens (tertiary/aromatic N) is 1. The van der Waals surface area contributed by atoms with Crippen molar-refractivity contribution in [3.63, 3.8) is 0 Å². The van der Waals surface area contributed by atoms with Crippen molar-refractivity contribution in [3.8, 4) is 11.5 Å². The van der Waals surface area contributed by atoms with E-state index in [1.165, 1.54) is 0 Å². The molecule has 1 fully saturated rings. The number of hydrogen-bond donors (Lipinski definition) is 1.